The minimum absolute atomic E-state index is 0.143. The summed E-state index contributed by atoms with van der Waals surface area (Å²) in [5.41, 5.74) is 6.80. The van der Waals surface area contributed by atoms with E-state index in [-0.39, 0.29) is 11.4 Å². The van der Waals surface area contributed by atoms with Crippen molar-refractivity contribution in [3.8, 4) is 5.75 Å². The van der Waals surface area contributed by atoms with Gasteiger partial charge in [0, 0.05) is 23.8 Å². The van der Waals surface area contributed by atoms with Gasteiger partial charge in [-0.15, -0.1) is 0 Å². The Morgan fingerprint density at radius 3 is 2.79 bits per heavy atom. The lowest BCUT2D eigenvalue weighted by Gasteiger charge is -2.45. The molecular weight excluding hydrogens is 465 g/mol. The lowest BCUT2D eigenvalue weighted by Crippen LogP contribution is -2.45. The van der Waals surface area contributed by atoms with Gasteiger partial charge in [-0.1, -0.05) is 13.0 Å². The highest BCUT2D eigenvalue weighted by Crippen LogP contribution is 2.42. The molecule has 1 aliphatic rings. The van der Waals surface area contributed by atoms with Crippen molar-refractivity contribution in [3.63, 3.8) is 0 Å². The number of anilines is 1. The van der Waals surface area contributed by atoms with Crippen LogP contribution in [0, 0.1) is 3.57 Å². The summed E-state index contributed by atoms with van der Waals surface area (Å²) in [6.07, 6.45) is 2.79. The molecule has 1 aliphatic heterocycles. The van der Waals surface area contributed by atoms with Crippen LogP contribution in [0.15, 0.2) is 41.5 Å². The van der Waals surface area contributed by atoms with E-state index in [9.17, 15) is 4.79 Å². The Hall–Kier alpha value is -2.09. The maximum absolute atomic E-state index is 12.3. The maximum Gasteiger partial charge on any atom is 0.271 e. The normalized spacial score (nSPS) is 18.1. The summed E-state index contributed by atoms with van der Waals surface area (Å²) in [6, 6.07) is 11.7. The molecule has 0 bridgehead atoms. The molecule has 1 atom stereocenters. The number of methoxy groups -OCH3 is 1. The van der Waals surface area contributed by atoms with Crippen molar-refractivity contribution in [1.29, 1.82) is 0 Å². The molecule has 2 aromatic carbocycles. The van der Waals surface area contributed by atoms with Crippen LogP contribution in [-0.4, -0.2) is 31.8 Å². The average molecular weight is 491 g/mol. The number of carbonyl (C=O) groups excluding carboxylic acids is 1. The van der Waals surface area contributed by atoms with E-state index in [0.717, 1.165) is 15.6 Å². The standard InChI is InChI=1S/C22H26IN3O2/c1-14-12-22(2,3)26(4)19-9-6-15(10-17(14)19)13-24-25-21(27)16-7-8-18(23)20(11-16)28-5/h6-11,13-14H,12H2,1-5H3,(H,25,27)/b24-13+. The van der Waals surface area contributed by atoms with Crippen molar-refractivity contribution in [2.24, 2.45) is 5.10 Å². The Bertz CT molecular complexity index is 924. The third kappa shape index (κ3) is 4.16. The first-order valence-corrected chi connectivity index (χ1v) is 10.4. The second kappa shape index (κ2) is 8.11. The SMILES string of the molecule is COc1cc(C(=O)N/N=C/c2ccc3c(c2)C(C)CC(C)(C)N3C)ccc1I. The van der Waals surface area contributed by atoms with Gasteiger partial charge >= 0.3 is 0 Å². The zero-order valence-electron chi connectivity index (χ0n) is 16.9. The van der Waals surface area contributed by atoms with Crippen LogP contribution in [0.2, 0.25) is 0 Å². The predicted molar refractivity (Wildman–Crippen MR) is 123 cm³/mol. The first kappa shape index (κ1) is 20.6. The van der Waals surface area contributed by atoms with Crippen LogP contribution in [0.3, 0.4) is 0 Å². The molecule has 0 fully saturated rings. The fourth-order valence-corrected chi connectivity index (χ4v) is 4.26. The van der Waals surface area contributed by atoms with Crippen LogP contribution < -0.4 is 15.1 Å². The lowest BCUT2D eigenvalue weighted by molar-refractivity contribution is 0.0954. The summed E-state index contributed by atoms with van der Waals surface area (Å²) >= 11 is 2.17. The van der Waals surface area contributed by atoms with Gasteiger partial charge in [-0.05, 0) is 90.2 Å². The quantitative estimate of drug-likeness (QED) is 0.381. The summed E-state index contributed by atoms with van der Waals surface area (Å²) in [7, 11) is 3.74. The van der Waals surface area contributed by atoms with Gasteiger partial charge in [0.25, 0.3) is 5.91 Å². The molecule has 0 aliphatic carbocycles. The zero-order valence-corrected chi connectivity index (χ0v) is 19.1. The number of rotatable bonds is 4. The molecule has 0 saturated carbocycles. The lowest BCUT2D eigenvalue weighted by atomic mass is 9.80. The van der Waals surface area contributed by atoms with E-state index < -0.39 is 0 Å². The van der Waals surface area contributed by atoms with Gasteiger partial charge in [-0.2, -0.15) is 5.10 Å². The van der Waals surface area contributed by atoms with Gasteiger partial charge in [0.2, 0.25) is 0 Å². The van der Waals surface area contributed by atoms with E-state index in [2.05, 4.69) is 78.0 Å². The number of nitrogens with zero attached hydrogens (tertiary/aromatic N) is 2. The monoisotopic (exact) mass is 491 g/mol. The summed E-state index contributed by atoms with van der Waals surface area (Å²) in [5.74, 6) is 0.884. The summed E-state index contributed by atoms with van der Waals surface area (Å²) in [6.45, 7) is 6.81. The number of carbonyl (C=O) groups is 1. The fraction of sp³-hybridized carbons (Fsp3) is 0.364. The van der Waals surface area contributed by atoms with Crippen LogP contribution in [0.4, 0.5) is 5.69 Å². The smallest absolute Gasteiger partial charge is 0.271 e. The molecule has 0 spiro atoms. The topological polar surface area (TPSA) is 53.9 Å². The van der Waals surface area contributed by atoms with E-state index in [1.165, 1.54) is 11.3 Å². The van der Waals surface area contributed by atoms with Crippen molar-refractivity contribution >= 4 is 40.4 Å². The highest BCUT2D eigenvalue weighted by atomic mass is 127. The molecule has 148 valence electrons. The van der Waals surface area contributed by atoms with Crippen LogP contribution in [0.1, 0.15) is 54.6 Å². The number of hydrazone groups is 1. The highest BCUT2D eigenvalue weighted by Gasteiger charge is 2.33. The molecule has 0 radical (unpaired) electrons. The van der Waals surface area contributed by atoms with E-state index in [0.29, 0.717) is 17.2 Å². The maximum atomic E-state index is 12.3. The van der Waals surface area contributed by atoms with E-state index >= 15 is 0 Å². The average Bonchev–Trinajstić information content (AvgIpc) is 2.66. The molecule has 1 amide bonds. The number of hydrogen-bond donors (Lipinski definition) is 1. The number of ether oxygens (including phenoxy) is 1. The number of nitrogens with one attached hydrogen (secondary N) is 1. The number of benzene rings is 2. The van der Waals surface area contributed by atoms with Crippen molar-refractivity contribution in [2.75, 3.05) is 19.1 Å². The highest BCUT2D eigenvalue weighted by molar-refractivity contribution is 14.1. The molecule has 1 N–H and O–H groups in total. The van der Waals surface area contributed by atoms with Gasteiger partial charge in [0.05, 0.1) is 16.9 Å². The summed E-state index contributed by atoms with van der Waals surface area (Å²) in [5, 5.41) is 4.14. The minimum Gasteiger partial charge on any atom is -0.496 e. The Kier molecular flexibility index (Phi) is 5.98. The Morgan fingerprint density at radius 2 is 2.07 bits per heavy atom. The van der Waals surface area contributed by atoms with Gasteiger partial charge in [0.15, 0.2) is 0 Å². The summed E-state index contributed by atoms with van der Waals surface area (Å²) in [4.78, 5) is 14.7. The first-order valence-electron chi connectivity index (χ1n) is 9.27. The van der Waals surface area contributed by atoms with Gasteiger partial charge < -0.3 is 9.64 Å². The Balaban J connectivity index is 1.73. The van der Waals surface area contributed by atoms with Crippen LogP contribution in [0.5, 0.6) is 5.75 Å². The van der Waals surface area contributed by atoms with E-state index in [4.69, 9.17) is 4.74 Å². The molecule has 6 heteroatoms. The molecule has 3 rings (SSSR count). The summed E-state index contributed by atoms with van der Waals surface area (Å²) < 4.78 is 6.22. The van der Waals surface area contributed by atoms with E-state index in [1.54, 1.807) is 25.5 Å². The predicted octanol–water partition coefficient (Wildman–Crippen LogP) is 4.79. The third-order valence-corrected chi connectivity index (χ3v) is 6.34. The molecule has 5 nitrogen and oxygen atoms in total. The second-order valence-corrected chi connectivity index (χ2v) is 9.01. The van der Waals surface area contributed by atoms with Crippen molar-refractivity contribution in [2.45, 2.75) is 38.6 Å². The van der Waals surface area contributed by atoms with Crippen molar-refractivity contribution in [3.05, 3.63) is 56.7 Å². The van der Waals surface area contributed by atoms with Gasteiger partial charge in [0.1, 0.15) is 5.75 Å². The molecule has 1 unspecified atom stereocenters. The Morgan fingerprint density at radius 1 is 1.32 bits per heavy atom. The third-order valence-electron chi connectivity index (χ3n) is 5.45. The van der Waals surface area contributed by atoms with Gasteiger partial charge in [-0.3, -0.25) is 4.79 Å². The van der Waals surface area contributed by atoms with Gasteiger partial charge in [-0.25, -0.2) is 5.43 Å². The molecule has 0 saturated heterocycles. The number of hydrogen-bond acceptors (Lipinski definition) is 4. The zero-order chi connectivity index (χ0) is 20.5. The Labute approximate surface area is 180 Å². The molecule has 2 aromatic rings. The number of fused-ring (bicyclic) bond motifs is 1. The van der Waals surface area contributed by atoms with Crippen molar-refractivity contribution < 1.29 is 9.53 Å². The number of amides is 1. The molecule has 0 aromatic heterocycles. The largest absolute Gasteiger partial charge is 0.496 e. The molecular formula is C22H26IN3O2. The second-order valence-electron chi connectivity index (χ2n) is 7.84. The molecule has 1 heterocycles. The van der Waals surface area contributed by atoms with Crippen molar-refractivity contribution in [1.82, 2.24) is 5.43 Å². The van der Waals surface area contributed by atoms with E-state index in [1.807, 2.05) is 12.1 Å². The fourth-order valence-electron chi connectivity index (χ4n) is 3.71. The molecule has 28 heavy (non-hydrogen) atoms. The first-order chi connectivity index (χ1) is 13.2. The van der Waals surface area contributed by atoms with Crippen LogP contribution in [0.25, 0.3) is 0 Å². The van der Waals surface area contributed by atoms with Crippen LogP contribution >= 0.6 is 22.6 Å². The minimum atomic E-state index is -0.265. The number of halogens is 1. The van der Waals surface area contributed by atoms with Crippen LogP contribution in [-0.2, 0) is 0 Å².